The van der Waals surface area contributed by atoms with Gasteiger partial charge < -0.3 is 4.74 Å². The lowest BCUT2D eigenvalue weighted by atomic mass is 10.1. The minimum absolute atomic E-state index is 0.0211. The molecule has 0 amide bonds. The molecular weight excluding hydrogens is 364 g/mol. The van der Waals surface area contributed by atoms with Crippen molar-refractivity contribution >= 4 is 31.4 Å². The van der Waals surface area contributed by atoms with Gasteiger partial charge >= 0.3 is 0 Å². The van der Waals surface area contributed by atoms with Crippen molar-refractivity contribution < 1.29 is 21.6 Å². The number of hydrogen-bond acceptors (Lipinski definition) is 5. The van der Waals surface area contributed by atoms with E-state index in [0.717, 1.165) is 17.4 Å². The molecule has 0 saturated carbocycles. The lowest BCUT2D eigenvalue weighted by Crippen LogP contribution is -2.17. The van der Waals surface area contributed by atoms with E-state index in [9.17, 15) is 16.8 Å². The Morgan fingerprint density at radius 3 is 1.92 bits per heavy atom. The van der Waals surface area contributed by atoms with Crippen LogP contribution in [0.4, 0.5) is 11.4 Å². The lowest BCUT2D eigenvalue weighted by Gasteiger charge is -2.16. The molecule has 2 N–H and O–H groups in total. The summed E-state index contributed by atoms with van der Waals surface area (Å²) in [5.41, 5.74) is 1.95. The molecule has 0 fully saturated rings. The van der Waals surface area contributed by atoms with Gasteiger partial charge in [0, 0.05) is 0 Å². The summed E-state index contributed by atoms with van der Waals surface area (Å²) >= 11 is 0. The van der Waals surface area contributed by atoms with Gasteiger partial charge in [0.05, 0.1) is 24.7 Å². The molecule has 136 valence electrons. The number of benzene rings is 2. The fourth-order valence-electron chi connectivity index (χ4n) is 2.19. The Hall–Kier alpha value is -2.26. The SMILES string of the molecule is COc1cc(C)c(C)cc1S(=O)(=O)Nc1ccccc1NS(C)(=O)=O. The van der Waals surface area contributed by atoms with Crippen molar-refractivity contribution in [1.29, 1.82) is 0 Å². The summed E-state index contributed by atoms with van der Waals surface area (Å²) < 4.78 is 58.4. The molecule has 0 bridgehead atoms. The van der Waals surface area contributed by atoms with E-state index in [1.807, 2.05) is 6.92 Å². The summed E-state index contributed by atoms with van der Waals surface area (Å²) in [6, 6.07) is 9.30. The molecule has 25 heavy (non-hydrogen) atoms. The largest absolute Gasteiger partial charge is 0.495 e. The predicted molar refractivity (Wildman–Crippen MR) is 98.2 cm³/mol. The number of rotatable bonds is 6. The average molecular weight is 384 g/mol. The highest BCUT2D eigenvalue weighted by molar-refractivity contribution is 7.93. The number of aryl methyl sites for hydroxylation is 2. The molecule has 2 aromatic rings. The van der Waals surface area contributed by atoms with Crippen molar-refractivity contribution in [3.63, 3.8) is 0 Å². The summed E-state index contributed by atoms with van der Waals surface area (Å²) in [5, 5.41) is 0. The second kappa shape index (κ2) is 6.93. The number of ether oxygens (including phenoxy) is 1. The Morgan fingerprint density at radius 1 is 0.880 bits per heavy atom. The van der Waals surface area contributed by atoms with Gasteiger partial charge in [0.2, 0.25) is 10.0 Å². The highest BCUT2D eigenvalue weighted by Crippen LogP contribution is 2.31. The zero-order valence-corrected chi connectivity index (χ0v) is 16.0. The van der Waals surface area contributed by atoms with Crippen LogP contribution in [-0.4, -0.2) is 30.2 Å². The third kappa shape index (κ3) is 4.64. The first-order valence-corrected chi connectivity index (χ1v) is 10.7. The van der Waals surface area contributed by atoms with Gasteiger partial charge in [-0.2, -0.15) is 0 Å². The minimum atomic E-state index is -3.98. The van der Waals surface area contributed by atoms with Crippen LogP contribution in [0.3, 0.4) is 0 Å². The van der Waals surface area contributed by atoms with E-state index in [2.05, 4.69) is 9.44 Å². The van der Waals surface area contributed by atoms with Crippen LogP contribution in [0, 0.1) is 13.8 Å². The highest BCUT2D eigenvalue weighted by Gasteiger charge is 2.22. The number of anilines is 2. The van der Waals surface area contributed by atoms with Gasteiger partial charge in [-0.25, -0.2) is 16.8 Å². The van der Waals surface area contributed by atoms with Crippen LogP contribution in [-0.2, 0) is 20.0 Å². The van der Waals surface area contributed by atoms with Crippen molar-refractivity contribution in [3.05, 3.63) is 47.5 Å². The van der Waals surface area contributed by atoms with Gasteiger partial charge in [-0.05, 0) is 49.2 Å². The number of sulfonamides is 2. The molecule has 0 spiro atoms. The van der Waals surface area contributed by atoms with Gasteiger partial charge in [0.25, 0.3) is 10.0 Å². The van der Waals surface area contributed by atoms with Crippen LogP contribution in [0.1, 0.15) is 11.1 Å². The maximum atomic E-state index is 12.8. The first kappa shape index (κ1) is 19.1. The molecule has 0 radical (unpaired) electrons. The maximum absolute atomic E-state index is 12.8. The Kier molecular flexibility index (Phi) is 5.28. The third-order valence-electron chi connectivity index (χ3n) is 3.54. The van der Waals surface area contributed by atoms with E-state index < -0.39 is 20.0 Å². The molecule has 9 heteroatoms. The number of nitrogens with one attached hydrogen (secondary N) is 2. The number of methoxy groups -OCH3 is 1. The van der Waals surface area contributed by atoms with E-state index in [4.69, 9.17) is 4.74 Å². The van der Waals surface area contributed by atoms with Crippen LogP contribution >= 0.6 is 0 Å². The fraction of sp³-hybridized carbons (Fsp3) is 0.250. The molecule has 0 heterocycles. The Morgan fingerprint density at radius 2 is 1.40 bits per heavy atom. The molecule has 0 saturated heterocycles. The normalized spacial score (nSPS) is 11.8. The molecule has 2 rings (SSSR count). The van der Waals surface area contributed by atoms with Crippen molar-refractivity contribution in [1.82, 2.24) is 0 Å². The summed E-state index contributed by atoms with van der Waals surface area (Å²) in [4.78, 5) is -0.0211. The monoisotopic (exact) mass is 384 g/mol. The third-order valence-corrected chi connectivity index (χ3v) is 5.51. The van der Waals surface area contributed by atoms with Crippen LogP contribution in [0.2, 0.25) is 0 Å². The Labute approximate surface area is 148 Å². The molecular formula is C16H20N2O5S2. The molecule has 2 aromatic carbocycles. The topological polar surface area (TPSA) is 102 Å². The second-order valence-electron chi connectivity index (χ2n) is 5.61. The molecule has 0 atom stereocenters. The molecule has 7 nitrogen and oxygen atoms in total. The number of hydrogen-bond donors (Lipinski definition) is 2. The molecule has 0 aromatic heterocycles. The van der Waals surface area contributed by atoms with Gasteiger partial charge in [-0.15, -0.1) is 0 Å². The predicted octanol–water partition coefficient (Wildman–Crippen LogP) is 2.48. The van der Waals surface area contributed by atoms with Crippen molar-refractivity contribution in [2.75, 3.05) is 22.8 Å². The zero-order chi connectivity index (χ0) is 18.8. The minimum Gasteiger partial charge on any atom is -0.495 e. The Bertz CT molecular complexity index is 999. The van der Waals surface area contributed by atoms with Gasteiger partial charge in [-0.1, -0.05) is 12.1 Å². The number of para-hydroxylation sites is 2. The maximum Gasteiger partial charge on any atom is 0.265 e. The van der Waals surface area contributed by atoms with Crippen molar-refractivity contribution in [2.24, 2.45) is 0 Å². The van der Waals surface area contributed by atoms with Crippen molar-refractivity contribution in [3.8, 4) is 5.75 Å². The fourth-order valence-corrected chi connectivity index (χ4v) is 4.09. The molecule has 0 aliphatic carbocycles. The first-order chi connectivity index (χ1) is 11.5. The van der Waals surface area contributed by atoms with E-state index in [0.29, 0.717) is 0 Å². The summed E-state index contributed by atoms with van der Waals surface area (Å²) in [5.74, 6) is 0.212. The zero-order valence-electron chi connectivity index (χ0n) is 14.3. The van der Waals surface area contributed by atoms with Gasteiger partial charge in [0.15, 0.2) is 0 Å². The van der Waals surface area contributed by atoms with Gasteiger partial charge in [0.1, 0.15) is 10.6 Å². The standard InChI is InChI=1S/C16H20N2O5S2/c1-11-9-15(23-3)16(10-12(11)2)25(21,22)18-14-8-6-5-7-13(14)17-24(4,19)20/h5-10,17-18H,1-4H3. The summed E-state index contributed by atoms with van der Waals surface area (Å²) in [7, 11) is -6.15. The molecule has 0 unspecified atom stereocenters. The Balaban J connectivity index is 2.49. The highest BCUT2D eigenvalue weighted by atomic mass is 32.2. The van der Waals surface area contributed by atoms with E-state index >= 15 is 0 Å². The smallest absolute Gasteiger partial charge is 0.265 e. The summed E-state index contributed by atoms with van der Waals surface area (Å²) in [6.45, 7) is 3.65. The average Bonchev–Trinajstić information content (AvgIpc) is 2.49. The van der Waals surface area contributed by atoms with Crippen LogP contribution in [0.25, 0.3) is 0 Å². The molecule has 0 aliphatic rings. The van der Waals surface area contributed by atoms with Crippen LogP contribution in [0.15, 0.2) is 41.3 Å². The van der Waals surface area contributed by atoms with Crippen LogP contribution < -0.4 is 14.2 Å². The van der Waals surface area contributed by atoms with Crippen LogP contribution in [0.5, 0.6) is 5.75 Å². The van der Waals surface area contributed by atoms with Crippen molar-refractivity contribution in [2.45, 2.75) is 18.7 Å². The summed E-state index contributed by atoms with van der Waals surface area (Å²) in [6.07, 6.45) is 0.991. The first-order valence-electron chi connectivity index (χ1n) is 7.28. The molecule has 0 aliphatic heterocycles. The quantitative estimate of drug-likeness (QED) is 0.797. The lowest BCUT2D eigenvalue weighted by molar-refractivity contribution is 0.402. The van der Waals surface area contributed by atoms with Gasteiger partial charge in [-0.3, -0.25) is 9.44 Å². The second-order valence-corrected chi connectivity index (χ2v) is 9.01. The van der Waals surface area contributed by atoms with E-state index in [1.165, 1.54) is 25.3 Å². The van der Waals surface area contributed by atoms with E-state index in [-0.39, 0.29) is 22.0 Å². The van der Waals surface area contributed by atoms with E-state index in [1.54, 1.807) is 25.1 Å².